The molecule has 0 aromatic heterocycles. The van der Waals surface area contributed by atoms with Gasteiger partial charge in [-0.1, -0.05) is 6.08 Å². The molecule has 1 aliphatic rings. The molecule has 1 aliphatic heterocycles. The molecule has 60 valence electrons. The minimum atomic E-state index is -1.10. The molecule has 1 atom stereocenters. The van der Waals surface area contributed by atoms with Gasteiger partial charge in [-0.3, -0.25) is 10.0 Å². The van der Waals surface area contributed by atoms with Crippen LogP contribution in [0.1, 0.15) is 6.92 Å². The Kier molecular flexibility index (Phi) is 1.70. The van der Waals surface area contributed by atoms with Gasteiger partial charge in [-0.2, -0.15) is 0 Å². The SMILES string of the molecule is CC1(C(N)=O)C=CC=CN1O. The normalized spacial score (nSPS) is 29.1. The predicted molar refractivity (Wildman–Crippen MR) is 39.5 cm³/mol. The minimum absolute atomic E-state index is 0.583. The summed E-state index contributed by atoms with van der Waals surface area (Å²) in [6.07, 6.45) is 6.20. The van der Waals surface area contributed by atoms with Gasteiger partial charge in [-0.25, -0.2) is 5.06 Å². The van der Waals surface area contributed by atoms with Crippen molar-refractivity contribution in [1.29, 1.82) is 0 Å². The number of allylic oxidation sites excluding steroid dienone is 2. The Bertz CT molecular complexity index is 235. The maximum absolute atomic E-state index is 10.8. The van der Waals surface area contributed by atoms with Gasteiger partial charge < -0.3 is 5.73 Å². The number of nitrogens with zero attached hydrogens (tertiary/aromatic N) is 1. The Balaban J connectivity index is 2.94. The molecular weight excluding hydrogens is 144 g/mol. The first-order valence-electron chi connectivity index (χ1n) is 3.21. The lowest BCUT2D eigenvalue weighted by molar-refractivity contribution is -0.148. The number of hydrogen-bond acceptors (Lipinski definition) is 3. The quantitative estimate of drug-likeness (QED) is 0.559. The molecule has 1 heterocycles. The number of rotatable bonds is 1. The Hall–Kier alpha value is -1.29. The zero-order valence-corrected chi connectivity index (χ0v) is 6.19. The van der Waals surface area contributed by atoms with Crippen LogP contribution in [0.25, 0.3) is 0 Å². The van der Waals surface area contributed by atoms with Crippen molar-refractivity contribution in [2.45, 2.75) is 12.5 Å². The van der Waals surface area contributed by atoms with Crippen LogP contribution < -0.4 is 5.73 Å². The lowest BCUT2D eigenvalue weighted by Gasteiger charge is -2.31. The van der Waals surface area contributed by atoms with Gasteiger partial charge in [0.05, 0.1) is 0 Å². The van der Waals surface area contributed by atoms with E-state index < -0.39 is 11.4 Å². The van der Waals surface area contributed by atoms with Crippen LogP contribution in [0.3, 0.4) is 0 Å². The highest BCUT2D eigenvalue weighted by Crippen LogP contribution is 2.17. The van der Waals surface area contributed by atoms with Crippen LogP contribution in [-0.4, -0.2) is 21.7 Å². The van der Waals surface area contributed by atoms with Crippen LogP contribution in [0.15, 0.2) is 24.4 Å². The van der Waals surface area contributed by atoms with Crippen LogP contribution >= 0.6 is 0 Å². The molecule has 1 amide bonds. The van der Waals surface area contributed by atoms with E-state index >= 15 is 0 Å². The van der Waals surface area contributed by atoms with Crippen LogP contribution in [-0.2, 0) is 4.79 Å². The minimum Gasteiger partial charge on any atom is -0.367 e. The third kappa shape index (κ3) is 1.12. The van der Waals surface area contributed by atoms with E-state index in [0.717, 1.165) is 5.06 Å². The summed E-state index contributed by atoms with van der Waals surface area (Å²) in [7, 11) is 0. The molecule has 4 heteroatoms. The molecule has 0 aliphatic carbocycles. The molecule has 0 aromatic carbocycles. The van der Waals surface area contributed by atoms with E-state index in [1.165, 1.54) is 19.2 Å². The zero-order valence-electron chi connectivity index (χ0n) is 6.19. The average Bonchev–Trinajstić information content (AvgIpc) is 1.95. The van der Waals surface area contributed by atoms with Gasteiger partial charge in [0.2, 0.25) is 5.91 Å². The van der Waals surface area contributed by atoms with Crippen LogP contribution in [0.4, 0.5) is 0 Å². The van der Waals surface area contributed by atoms with Gasteiger partial charge >= 0.3 is 0 Å². The molecule has 1 rings (SSSR count). The molecule has 0 saturated carbocycles. The fraction of sp³-hybridized carbons (Fsp3) is 0.286. The lowest BCUT2D eigenvalue weighted by Crippen LogP contribution is -2.51. The van der Waals surface area contributed by atoms with Crippen molar-refractivity contribution in [3.05, 3.63) is 24.4 Å². The Morgan fingerprint density at radius 2 is 2.27 bits per heavy atom. The van der Waals surface area contributed by atoms with E-state index in [0.29, 0.717) is 0 Å². The van der Waals surface area contributed by atoms with Crippen LogP contribution in [0.2, 0.25) is 0 Å². The van der Waals surface area contributed by atoms with Crippen molar-refractivity contribution in [2.24, 2.45) is 5.73 Å². The molecule has 0 spiro atoms. The monoisotopic (exact) mass is 154 g/mol. The Morgan fingerprint density at radius 3 is 2.64 bits per heavy atom. The maximum Gasteiger partial charge on any atom is 0.249 e. The maximum atomic E-state index is 10.8. The summed E-state index contributed by atoms with van der Waals surface area (Å²) in [4.78, 5) is 10.8. The molecule has 4 nitrogen and oxygen atoms in total. The molecule has 11 heavy (non-hydrogen) atoms. The fourth-order valence-electron chi connectivity index (χ4n) is 0.800. The van der Waals surface area contributed by atoms with Crippen molar-refractivity contribution in [1.82, 2.24) is 5.06 Å². The summed E-state index contributed by atoms with van der Waals surface area (Å²) in [5.41, 5.74) is 3.96. The smallest absolute Gasteiger partial charge is 0.249 e. The highest BCUT2D eigenvalue weighted by atomic mass is 16.5. The number of amides is 1. The molecule has 0 fully saturated rings. The van der Waals surface area contributed by atoms with Crippen LogP contribution in [0, 0.1) is 0 Å². The molecule has 0 saturated heterocycles. The van der Waals surface area contributed by atoms with Crippen molar-refractivity contribution in [3.63, 3.8) is 0 Å². The number of primary amides is 1. The summed E-state index contributed by atoms with van der Waals surface area (Å²) in [5.74, 6) is -0.583. The van der Waals surface area contributed by atoms with E-state index in [4.69, 9.17) is 5.73 Å². The fourth-order valence-corrected chi connectivity index (χ4v) is 0.800. The molecule has 3 N–H and O–H groups in total. The third-order valence-corrected chi connectivity index (χ3v) is 1.73. The molecule has 0 radical (unpaired) electrons. The molecule has 0 bridgehead atoms. The van der Waals surface area contributed by atoms with Gasteiger partial charge in [0.25, 0.3) is 0 Å². The van der Waals surface area contributed by atoms with E-state index in [1.54, 1.807) is 12.2 Å². The van der Waals surface area contributed by atoms with Gasteiger partial charge in [-0.05, 0) is 19.1 Å². The van der Waals surface area contributed by atoms with Gasteiger partial charge in [0.1, 0.15) is 0 Å². The number of carbonyl (C=O) groups is 1. The predicted octanol–water partition coefficient (Wildman–Crippen LogP) is 0.00510. The van der Waals surface area contributed by atoms with Crippen LogP contribution in [0.5, 0.6) is 0 Å². The van der Waals surface area contributed by atoms with E-state index in [-0.39, 0.29) is 0 Å². The van der Waals surface area contributed by atoms with Crippen molar-refractivity contribution >= 4 is 5.91 Å². The Labute approximate surface area is 64.6 Å². The average molecular weight is 154 g/mol. The number of hydroxylamine groups is 2. The molecule has 0 aromatic rings. The van der Waals surface area contributed by atoms with E-state index in [1.807, 2.05) is 0 Å². The number of nitrogens with two attached hydrogens (primary N) is 1. The second kappa shape index (κ2) is 2.39. The standard InChI is InChI=1S/C7H10N2O2/c1-7(6(8)10)4-2-3-5-9(7)11/h2-5,11H,1H3,(H2,8,10). The first kappa shape index (κ1) is 7.81. The zero-order chi connectivity index (χ0) is 8.48. The summed E-state index contributed by atoms with van der Waals surface area (Å²) < 4.78 is 0. The van der Waals surface area contributed by atoms with Crippen molar-refractivity contribution in [2.75, 3.05) is 0 Å². The first-order valence-corrected chi connectivity index (χ1v) is 3.21. The van der Waals surface area contributed by atoms with E-state index in [2.05, 4.69) is 0 Å². The van der Waals surface area contributed by atoms with Crippen molar-refractivity contribution in [3.8, 4) is 0 Å². The second-order valence-corrected chi connectivity index (χ2v) is 2.56. The second-order valence-electron chi connectivity index (χ2n) is 2.56. The number of hydrogen-bond donors (Lipinski definition) is 2. The van der Waals surface area contributed by atoms with E-state index in [9.17, 15) is 10.0 Å². The van der Waals surface area contributed by atoms with Gasteiger partial charge in [-0.15, -0.1) is 0 Å². The highest BCUT2D eigenvalue weighted by molar-refractivity contribution is 5.86. The highest BCUT2D eigenvalue weighted by Gasteiger charge is 2.34. The summed E-state index contributed by atoms with van der Waals surface area (Å²) in [5, 5.41) is 9.98. The van der Waals surface area contributed by atoms with Crippen molar-refractivity contribution < 1.29 is 10.0 Å². The molecular formula is C7H10N2O2. The Morgan fingerprint density at radius 1 is 1.64 bits per heavy atom. The largest absolute Gasteiger partial charge is 0.367 e. The summed E-state index contributed by atoms with van der Waals surface area (Å²) in [6, 6.07) is 0. The summed E-state index contributed by atoms with van der Waals surface area (Å²) >= 11 is 0. The third-order valence-electron chi connectivity index (χ3n) is 1.73. The lowest BCUT2D eigenvalue weighted by atomic mass is 9.99. The first-order chi connectivity index (χ1) is 5.07. The summed E-state index contributed by atoms with van der Waals surface area (Å²) in [6.45, 7) is 1.54. The topological polar surface area (TPSA) is 66.6 Å². The van der Waals surface area contributed by atoms with Gasteiger partial charge in [0.15, 0.2) is 5.54 Å². The van der Waals surface area contributed by atoms with Gasteiger partial charge in [0, 0.05) is 6.20 Å². The number of carbonyl (C=O) groups excluding carboxylic acids is 1. The molecule has 1 unspecified atom stereocenters.